The Labute approximate surface area is 154 Å². The first-order valence-corrected chi connectivity index (χ1v) is 9.29. The number of guanidine groups is 1. The highest BCUT2D eigenvalue weighted by atomic mass is 16.5. The van der Waals surface area contributed by atoms with E-state index in [9.17, 15) is 0 Å². The SMILES string of the molecule is CCC(CC)c1cc(CNC(=NC)NCCc2nc(C(C)C)no2)on1. The molecule has 2 aromatic rings. The van der Waals surface area contributed by atoms with E-state index in [1.54, 1.807) is 7.05 Å². The maximum atomic E-state index is 5.41. The van der Waals surface area contributed by atoms with Crippen LogP contribution in [-0.4, -0.2) is 34.8 Å². The quantitative estimate of drug-likeness (QED) is 0.522. The van der Waals surface area contributed by atoms with Gasteiger partial charge in [0, 0.05) is 37.9 Å². The highest BCUT2D eigenvalue weighted by Gasteiger charge is 2.13. The van der Waals surface area contributed by atoms with Gasteiger partial charge >= 0.3 is 0 Å². The van der Waals surface area contributed by atoms with E-state index in [1.807, 2.05) is 19.9 Å². The molecule has 144 valence electrons. The number of hydrogen-bond acceptors (Lipinski definition) is 6. The third-order valence-electron chi connectivity index (χ3n) is 4.27. The highest BCUT2D eigenvalue weighted by molar-refractivity contribution is 5.79. The average Bonchev–Trinajstić information content (AvgIpc) is 3.29. The number of aromatic nitrogens is 3. The maximum absolute atomic E-state index is 5.41. The van der Waals surface area contributed by atoms with Gasteiger partial charge in [-0.25, -0.2) is 0 Å². The van der Waals surface area contributed by atoms with E-state index in [-0.39, 0.29) is 5.92 Å². The van der Waals surface area contributed by atoms with Crippen LogP contribution in [0.3, 0.4) is 0 Å². The molecule has 0 radical (unpaired) electrons. The Morgan fingerprint density at radius 1 is 1.15 bits per heavy atom. The summed E-state index contributed by atoms with van der Waals surface area (Å²) in [4.78, 5) is 8.57. The van der Waals surface area contributed by atoms with Crippen LogP contribution in [0.5, 0.6) is 0 Å². The molecule has 0 amide bonds. The van der Waals surface area contributed by atoms with Gasteiger partial charge in [-0.15, -0.1) is 0 Å². The van der Waals surface area contributed by atoms with E-state index in [0.29, 0.717) is 37.3 Å². The minimum Gasteiger partial charge on any atom is -0.359 e. The smallest absolute Gasteiger partial charge is 0.228 e. The Morgan fingerprint density at radius 3 is 2.54 bits per heavy atom. The van der Waals surface area contributed by atoms with Crippen molar-refractivity contribution < 1.29 is 9.05 Å². The summed E-state index contributed by atoms with van der Waals surface area (Å²) in [6, 6.07) is 2.02. The summed E-state index contributed by atoms with van der Waals surface area (Å²) in [5.74, 6) is 3.57. The zero-order chi connectivity index (χ0) is 18.9. The van der Waals surface area contributed by atoms with E-state index in [0.717, 1.165) is 30.1 Å². The van der Waals surface area contributed by atoms with Gasteiger partial charge in [0.2, 0.25) is 5.89 Å². The van der Waals surface area contributed by atoms with Crippen molar-refractivity contribution >= 4 is 5.96 Å². The minimum absolute atomic E-state index is 0.265. The second kappa shape index (κ2) is 9.94. The molecule has 2 aromatic heterocycles. The van der Waals surface area contributed by atoms with Gasteiger partial charge in [-0.1, -0.05) is 38.0 Å². The van der Waals surface area contributed by atoms with Crippen molar-refractivity contribution in [1.29, 1.82) is 0 Å². The van der Waals surface area contributed by atoms with Crippen molar-refractivity contribution in [2.45, 2.75) is 65.3 Å². The predicted octanol–water partition coefficient (Wildman–Crippen LogP) is 2.99. The van der Waals surface area contributed by atoms with Crippen LogP contribution in [0.15, 0.2) is 20.1 Å². The van der Waals surface area contributed by atoms with Crippen molar-refractivity contribution in [3.8, 4) is 0 Å². The third kappa shape index (κ3) is 5.57. The number of nitrogens with zero attached hydrogens (tertiary/aromatic N) is 4. The molecule has 0 aliphatic carbocycles. The van der Waals surface area contributed by atoms with E-state index in [2.05, 4.69) is 44.8 Å². The van der Waals surface area contributed by atoms with Gasteiger partial charge < -0.3 is 19.7 Å². The van der Waals surface area contributed by atoms with Gasteiger partial charge in [0.15, 0.2) is 17.5 Å². The lowest BCUT2D eigenvalue weighted by atomic mass is 9.99. The fourth-order valence-corrected chi connectivity index (χ4v) is 2.60. The summed E-state index contributed by atoms with van der Waals surface area (Å²) >= 11 is 0. The first-order valence-electron chi connectivity index (χ1n) is 9.29. The summed E-state index contributed by atoms with van der Waals surface area (Å²) < 4.78 is 10.6. The maximum Gasteiger partial charge on any atom is 0.228 e. The Kier molecular flexibility index (Phi) is 7.62. The van der Waals surface area contributed by atoms with Crippen molar-refractivity contribution in [2.75, 3.05) is 13.6 Å². The molecule has 0 fully saturated rings. The Morgan fingerprint density at radius 2 is 1.92 bits per heavy atom. The molecule has 0 aliphatic heterocycles. The van der Waals surface area contributed by atoms with Crippen molar-refractivity contribution in [1.82, 2.24) is 25.9 Å². The molecule has 0 bridgehead atoms. The minimum atomic E-state index is 0.265. The molecule has 0 saturated carbocycles. The van der Waals surface area contributed by atoms with E-state index < -0.39 is 0 Å². The van der Waals surface area contributed by atoms with Crippen LogP contribution >= 0.6 is 0 Å². The first-order chi connectivity index (χ1) is 12.6. The van der Waals surface area contributed by atoms with Gasteiger partial charge in [-0.2, -0.15) is 4.98 Å². The van der Waals surface area contributed by atoms with Crippen LogP contribution in [0.25, 0.3) is 0 Å². The fourth-order valence-electron chi connectivity index (χ4n) is 2.60. The number of aliphatic imine (C=N–C) groups is 1. The molecule has 2 rings (SSSR count). The van der Waals surface area contributed by atoms with Crippen LogP contribution in [0.1, 0.15) is 75.5 Å². The molecule has 0 aliphatic rings. The molecule has 26 heavy (non-hydrogen) atoms. The molecule has 8 nitrogen and oxygen atoms in total. The highest BCUT2D eigenvalue weighted by Crippen LogP contribution is 2.22. The second-order valence-corrected chi connectivity index (χ2v) is 6.54. The van der Waals surface area contributed by atoms with Crippen LogP contribution in [0.2, 0.25) is 0 Å². The van der Waals surface area contributed by atoms with Crippen molar-refractivity contribution in [2.24, 2.45) is 4.99 Å². The van der Waals surface area contributed by atoms with Crippen LogP contribution in [0, 0.1) is 0 Å². The molecule has 2 heterocycles. The lowest BCUT2D eigenvalue weighted by Gasteiger charge is -2.09. The van der Waals surface area contributed by atoms with Crippen LogP contribution in [-0.2, 0) is 13.0 Å². The van der Waals surface area contributed by atoms with Crippen molar-refractivity contribution in [3.05, 3.63) is 29.2 Å². The van der Waals surface area contributed by atoms with E-state index in [1.165, 1.54) is 0 Å². The topological polar surface area (TPSA) is 101 Å². The average molecular weight is 362 g/mol. The number of hydrogen-bond donors (Lipinski definition) is 2. The summed E-state index contributed by atoms with van der Waals surface area (Å²) in [5.41, 5.74) is 1.02. The van der Waals surface area contributed by atoms with Gasteiger partial charge in [0.1, 0.15) is 0 Å². The van der Waals surface area contributed by atoms with Crippen molar-refractivity contribution in [3.63, 3.8) is 0 Å². The molecule has 0 atom stereocenters. The van der Waals surface area contributed by atoms with Crippen LogP contribution < -0.4 is 10.6 Å². The van der Waals surface area contributed by atoms with E-state index >= 15 is 0 Å². The third-order valence-corrected chi connectivity index (χ3v) is 4.27. The van der Waals surface area contributed by atoms with Gasteiger partial charge in [0.05, 0.1) is 12.2 Å². The monoisotopic (exact) mass is 362 g/mol. The van der Waals surface area contributed by atoms with E-state index in [4.69, 9.17) is 9.05 Å². The lowest BCUT2D eigenvalue weighted by Crippen LogP contribution is -2.37. The summed E-state index contributed by atoms with van der Waals surface area (Å²) in [5, 5.41) is 14.6. The van der Waals surface area contributed by atoms with Gasteiger partial charge in [0.25, 0.3) is 0 Å². The molecular formula is C18H30N6O2. The Balaban J connectivity index is 1.77. The van der Waals surface area contributed by atoms with Crippen LogP contribution in [0.4, 0.5) is 0 Å². The first kappa shape index (κ1) is 19.9. The molecule has 0 aromatic carbocycles. The lowest BCUT2D eigenvalue weighted by molar-refractivity contribution is 0.367. The largest absolute Gasteiger partial charge is 0.359 e. The molecular weight excluding hydrogens is 332 g/mol. The number of rotatable bonds is 9. The number of nitrogens with one attached hydrogen (secondary N) is 2. The summed E-state index contributed by atoms with van der Waals surface area (Å²) in [6.07, 6.45) is 2.77. The second-order valence-electron chi connectivity index (χ2n) is 6.54. The Bertz CT molecular complexity index is 687. The molecule has 0 unspecified atom stereocenters. The fraction of sp³-hybridized carbons (Fsp3) is 0.667. The van der Waals surface area contributed by atoms with Gasteiger partial charge in [-0.05, 0) is 12.8 Å². The Hall–Kier alpha value is -2.38. The zero-order valence-electron chi connectivity index (χ0n) is 16.4. The van der Waals surface area contributed by atoms with Gasteiger partial charge in [-0.3, -0.25) is 4.99 Å². The summed E-state index contributed by atoms with van der Waals surface area (Å²) in [7, 11) is 1.73. The normalized spacial score (nSPS) is 12.2. The summed E-state index contributed by atoms with van der Waals surface area (Å²) in [6.45, 7) is 9.59. The molecule has 8 heteroatoms. The predicted molar refractivity (Wildman–Crippen MR) is 100 cm³/mol. The molecule has 0 saturated heterocycles. The standard InChI is InChI=1S/C18H30N6O2/c1-6-13(7-2)15-10-14(25-23-15)11-21-18(19-5)20-9-8-16-22-17(12(3)4)24-26-16/h10,12-13H,6-9,11H2,1-5H3,(H2,19,20,21). The molecule has 2 N–H and O–H groups in total. The molecule has 0 spiro atoms. The zero-order valence-corrected chi connectivity index (χ0v) is 16.4.